The van der Waals surface area contributed by atoms with Gasteiger partial charge in [-0.15, -0.1) is 0 Å². The first kappa shape index (κ1) is 13.3. The average Bonchev–Trinajstić information content (AvgIpc) is 2.81. The molecule has 0 atom stereocenters. The topological polar surface area (TPSA) is 80.6 Å². The smallest absolute Gasteiger partial charge is 0.149 e. The number of pyridine rings is 1. The number of nitrogens with zero attached hydrogens (tertiary/aromatic N) is 3. The zero-order valence-electron chi connectivity index (χ0n) is 12.3. The summed E-state index contributed by atoms with van der Waals surface area (Å²) in [6, 6.07) is 6.00. The van der Waals surface area contributed by atoms with Gasteiger partial charge in [-0.25, -0.2) is 9.97 Å². The van der Waals surface area contributed by atoms with E-state index in [1.807, 2.05) is 17.6 Å². The van der Waals surface area contributed by atoms with E-state index in [1.165, 1.54) is 11.1 Å². The zero-order chi connectivity index (χ0) is 15.1. The number of benzene rings is 1. The van der Waals surface area contributed by atoms with E-state index >= 15 is 0 Å². The number of nitrogens with two attached hydrogens (primary N) is 1. The second kappa shape index (κ2) is 4.70. The van der Waals surface area contributed by atoms with E-state index in [4.69, 9.17) is 11.1 Å². The van der Waals surface area contributed by atoms with Gasteiger partial charge >= 0.3 is 0 Å². The summed E-state index contributed by atoms with van der Waals surface area (Å²) in [5.41, 5.74) is 11.6. The number of hydrogen-bond donors (Lipinski definition) is 2. The lowest BCUT2D eigenvalue weighted by Gasteiger charge is -2.12. The highest BCUT2D eigenvalue weighted by Gasteiger charge is 2.14. The molecule has 2 aromatic heterocycles. The first-order valence-corrected chi connectivity index (χ1v) is 6.73. The molecule has 21 heavy (non-hydrogen) atoms. The van der Waals surface area contributed by atoms with Crippen molar-refractivity contribution in [2.45, 2.75) is 20.8 Å². The Hall–Kier alpha value is -2.69. The molecule has 5 nitrogen and oxygen atoms in total. The summed E-state index contributed by atoms with van der Waals surface area (Å²) in [5, 5.41) is 7.81. The number of fused-ring (bicyclic) bond motifs is 1. The van der Waals surface area contributed by atoms with Crippen LogP contribution in [0.15, 0.2) is 30.7 Å². The predicted molar refractivity (Wildman–Crippen MR) is 84.1 cm³/mol. The zero-order valence-corrected chi connectivity index (χ0v) is 12.3. The van der Waals surface area contributed by atoms with Gasteiger partial charge in [-0.2, -0.15) is 0 Å². The van der Waals surface area contributed by atoms with E-state index in [0.717, 1.165) is 16.6 Å². The van der Waals surface area contributed by atoms with Crippen LogP contribution in [0.5, 0.6) is 0 Å². The third kappa shape index (κ3) is 2.07. The molecule has 0 aliphatic carbocycles. The Labute approximate surface area is 123 Å². The van der Waals surface area contributed by atoms with E-state index < -0.39 is 0 Å². The predicted octanol–water partition coefficient (Wildman–Crippen LogP) is 2.63. The number of aromatic nitrogens is 3. The van der Waals surface area contributed by atoms with Crippen molar-refractivity contribution in [3.8, 4) is 5.82 Å². The summed E-state index contributed by atoms with van der Waals surface area (Å²) in [6.45, 7) is 6.07. The molecule has 2 heterocycles. The Morgan fingerprint density at radius 3 is 2.52 bits per heavy atom. The average molecular weight is 279 g/mol. The third-order valence-corrected chi connectivity index (χ3v) is 3.80. The molecule has 0 saturated carbocycles. The fourth-order valence-electron chi connectivity index (χ4n) is 2.49. The Morgan fingerprint density at radius 1 is 1.10 bits per heavy atom. The monoisotopic (exact) mass is 279 g/mol. The van der Waals surface area contributed by atoms with Crippen molar-refractivity contribution in [2.75, 3.05) is 0 Å². The highest BCUT2D eigenvalue weighted by Crippen LogP contribution is 2.23. The molecule has 0 saturated heterocycles. The van der Waals surface area contributed by atoms with Crippen molar-refractivity contribution in [3.63, 3.8) is 0 Å². The lowest BCUT2D eigenvalue weighted by Crippen LogP contribution is -2.17. The van der Waals surface area contributed by atoms with Crippen molar-refractivity contribution < 1.29 is 0 Å². The van der Waals surface area contributed by atoms with Crippen LogP contribution >= 0.6 is 0 Å². The number of nitrogen functional groups attached to an aromatic ring is 1. The van der Waals surface area contributed by atoms with Crippen LogP contribution in [-0.4, -0.2) is 20.4 Å². The largest absolute Gasteiger partial charge is 0.384 e. The molecule has 5 heteroatoms. The van der Waals surface area contributed by atoms with Gasteiger partial charge in [0.1, 0.15) is 18.0 Å². The third-order valence-electron chi connectivity index (χ3n) is 3.80. The molecule has 0 radical (unpaired) electrons. The van der Waals surface area contributed by atoms with Crippen LogP contribution in [0.25, 0.3) is 16.9 Å². The highest BCUT2D eigenvalue weighted by molar-refractivity contribution is 5.99. The Morgan fingerprint density at radius 2 is 1.81 bits per heavy atom. The second-order valence-corrected chi connectivity index (χ2v) is 5.28. The Bertz CT molecular complexity index is 860. The molecule has 0 bridgehead atoms. The van der Waals surface area contributed by atoms with Crippen LogP contribution in [-0.2, 0) is 0 Å². The summed E-state index contributed by atoms with van der Waals surface area (Å²) < 4.78 is 1.89. The fourth-order valence-corrected chi connectivity index (χ4v) is 2.49. The van der Waals surface area contributed by atoms with Crippen molar-refractivity contribution in [1.82, 2.24) is 14.5 Å². The van der Waals surface area contributed by atoms with Gasteiger partial charge in [-0.1, -0.05) is 0 Å². The molecule has 3 aromatic rings. The van der Waals surface area contributed by atoms with Crippen molar-refractivity contribution >= 4 is 16.9 Å². The van der Waals surface area contributed by atoms with E-state index in [2.05, 4.69) is 35.9 Å². The van der Waals surface area contributed by atoms with Crippen molar-refractivity contribution in [3.05, 3.63) is 53.0 Å². The molecule has 3 N–H and O–H groups in total. The van der Waals surface area contributed by atoms with Gasteiger partial charge in [0.25, 0.3) is 0 Å². The molecule has 0 spiro atoms. The summed E-state index contributed by atoms with van der Waals surface area (Å²) in [4.78, 5) is 8.85. The first-order valence-electron chi connectivity index (χ1n) is 6.73. The van der Waals surface area contributed by atoms with Gasteiger partial charge in [0.15, 0.2) is 0 Å². The molecular weight excluding hydrogens is 262 g/mol. The summed E-state index contributed by atoms with van der Waals surface area (Å²) in [7, 11) is 0. The van der Waals surface area contributed by atoms with Crippen LogP contribution in [0.3, 0.4) is 0 Å². The van der Waals surface area contributed by atoms with Crippen LogP contribution < -0.4 is 5.73 Å². The van der Waals surface area contributed by atoms with Gasteiger partial charge in [0.05, 0.1) is 16.6 Å². The van der Waals surface area contributed by atoms with Gasteiger partial charge in [0, 0.05) is 6.20 Å². The van der Waals surface area contributed by atoms with Crippen LogP contribution in [0, 0.1) is 26.2 Å². The molecular formula is C16H17N5. The fraction of sp³-hybridized carbons (Fsp3) is 0.188. The van der Waals surface area contributed by atoms with Crippen LogP contribution in [0.2, 0.25) is 0 Å². The maximum atomic E-state index is 7.81. The molecule has 0 unspecified atom stereocenters. The number of aryl methyl sites for hydroxylation is 3. The molecule has 106 valence electrons. The second-order valence-electron chi connectivity index (χ2n) is 5.28. The minimum absolute atomic E-state index is 0.0151. The number of amidine groups is 1. The summed E-state index contributed by atoms with van der Waals surface area (Å²) in [6.07, 6.45) is 3.46. The highest BCUT2D eigenvalue weighted by atomic mass is 15.1. The van der Waals surface area contributed by atoms with Gasteiger partial charge in [0.2, 0.25) is 0 Å². The van der Waals surface area contributed by atoms with Gasteiger partial charge in [-0.3, -0.25) is 9.98 Å². The van der Waals surface area contributed by atoms with Crippen molar-refractivity contribution in [1.29, 1.82) is 5.41 Å². The molecule has 1 aromatic carbocycles. The minimum atomic E-state index is 0.0151. The number of hydrogen-bond acceptors (Lipinski definition) is 3. The number of nitrogens with one attached hydrogen (secondary N) is 1. The van der Waals surface area contributed by atoms with E-state index in [1.54, 1.807) is 12.5 Å². The molecule has 0 amide bonds. The van der Waals surface area contributed by atoms with Crippen molar-refractivity contribution in [2.24, 2.45) is 5.73 Å². The van der Waals surface area contributed by atoms with E-state index in [9.17, 15) is 0 Å². The normalized spacial score (nSPS) is 11.0. The number of rotatable bonds is 2. The maximum absolute atomic E-state index is 7.81. The Balaban J connectivity index is 2.34. The maximum Gasteiger partial charge on any atom is 0.149 e. The molecule has 0 aliphatic rings. The van der Waals surface area contributed by atoms with Gasteiger partial charge in [-0.05, 0) is 55.7 Å². The lowest BCUT2D eigenvalue weighted by atomic mass is 10.1. The first-order chi connectivity index (χ1) is 9.99. The SMILES string of the molecule is Cc1cc2ncn(-c3nccc(C)c3C(=N)N)c2cc1C. The molecule has 3 rings (SSSR count). The van der Waals surface area contributed by atoms with Crippen LogP contribution in [0.4, 0.5) is 0 Å². The van der Waals surface area contributed by atoms with Gasteiger partial charge < -0.3 is 5.73 Å². The van der Waals surface area contributed by atoms with Crippen LogP contribution in [0.1, 0.15) is 22.3 Å². The standard InChI is InChI=1S/C16H17N5/c1-9-4-5-19-16(14(9)15(17)18)21-8-20-12-6-10(2)11(3)7-13(12)21/h4-8H,1-3H3,(H3,17,18). The quantitative estimate of drug-likeness (QED) is 0.559. The minimum Gasteiger partial charge on any atom is -0.384 e. The summed E-state index contributed by atoms with van der Waals surface area (Å²) >= 11 is 0. The van der Waals surface area contributed by atoms with E-state index in [0.29, 0.717) is 11.4 Å². The molecule has 0 aliphatic heterocycles. The van der Waals surface area contributed by atoms with E-state index in [-0.39, 0.29) is 5.84 Å². The number of imidazole rings is 1. The Kier molecular flexibility index (Phi) is 2.97. The molecule has 0 fully saturated rings. The lowest BCUT2D eigenvalue weighted by molar-refractivity contribution is 1.01. The summed E-state index contributed by atoms with van der Waals surface area (Å²) in [5.74, 6) is 0.662.